The molecule has 1 aromatic heterocycles. The first-order valence-corrected chi connectivity index (χ1v) is 8.32. The van der Waals surface area contributed by atoms with Gasteiger partial charge in [-0.2, -0.15) is 10.1 Å². The maximum absolute atomic E-state index is 5.25. The van der Waals surface area contributed by atoms with Crippen molar-refractivity contribution in [2.24, 2.45) is 0 Å². The van der Waals surface area contributed by atoms with Crippen LogP contribution in [0.4, 0.5) is 5.95 Å². The molecule has 1 unspecified atom stereocenters. The van der Waals surface area contributed by atoms with Crippen molar-refractivity contribution in [1.29, 1.82) is 0 Å². The van der Waals surface area contributed by atoms with Gasteiger partial charge in [0.2, 0.25) is 5.95 Å². The fourth-order valence-electron chi connectivity index (χ4n) is 2.77. The molecule has 3 aromatic rings. The quantitative estimate of drug-likeness (QED) is 0.740. The van der Waals surface area contributed by atoms with Crippen molar-refractivity contribution in [1.82, 2.24) is 14.8 Å². The van der Waals surface area contributed by atoms with Crippen molar-refractivity contribution in [3.8, 4) is 5.75 Å². The summed E-state index contributed by atoms with van der Waals surface area (Å²) >= 11 is 3.47. The summed E-state index contributed by atoms with van der Waals surface area (Å²) in [5.74, 6) is 1.57. The van der Waals surface area contributed by atoms with Gasteiger partial charge in [-0.15, -0.1) is 0 Å². The van der Waals surface area contributed by atoms with Gasteiger partial charge in [0.1, 0.15) is 18.1 Å². The van der Waals surface area contributed by atoms with E-state index in [4.69, 9.17) is 4.74 Å². The third-order valence-corrected chi connectivity index (χ3v) is 4.55. The van der Waals surface area contributed by atoms with Crippen LogP contribution in [-0.4, -0.2) is 21.9 Å². The van der Waals surface area contributed by atoms with Crippen LogP contribution in [0.1, 0.15) is 17.2 Å². The molecule has 0 bridgehead atoms. The second-order valence-electron chi connectivity index (χ2n) is 5.46. The Hall–Kier alpha value is -2.60. The zero-order chi connectivity index (χ0) is 16.5. The van der Waals surface area contributed by atoms with E-state index in [1.807, 2.05) is 28.9 Å². The van der Waals surface area contributed by atoms with Crippen LogP contribution < -0.4 is 10.1 Å². The molecule has 120 valence electrons. The van der Waals surface area contributed by atoms with Crippen molar-refractivity contribution in [2.75, 3.05) is 12.4 Å². The number of nitrogens with one attached hydrogen (secondary N) is 1. The Morgan fingerprint density at radius 1 is 1.08 bits per heavy atom. The van der Waals surface area contributed by atoms with E-state index >= 15 is 0 Å². The number of ether oxygens (including phenoxy) is 1. The van der Waals surface area contributed by atoms with Crippen LogP contribution >= 0.6 is 15.9 Å². The summed E-state index contributed by atoms with van der Waals surface area (Å²) in [5.41, 5.74) is 3.24. The summed E-state index contributed by atoms with van der Waals surface area (Å²) in [7, 11) is 1.67. The first-order chi connectivity index (χ1) is 11.7. The van der Waals surface area contributed by atoms with E-state index in [9.17, 15) is 0 Å². The molecule has 0 radical (unpaired) electrons. The monoisotopic (exact) mass is 382 g/mol. The number of allylic oxidation sites excluding steroid dienone is 1. The molecule has 1 aliphatic rings. The molecule has 0 aliphatic carbocycles. The summed E-state index contributed by atoms with van der Waals surface area (Å²) in [4.78, 5) is 4.33. The van der Waals surface area contributed by atoms with Gasteiger partial charge in [-0.3, -0.25) is 0 Å². The number of methoxy groups -OCH3 is 1. The molecular formula is C18H15BrN4O. The van der Waals surface area contributed by atoms with Crippen LogP contribution in [-0.2, 0) is 0 Å². The van der Waals surface area contributed by atoms with E-state index in [1.54, 1.807) is 13.4 Å². The molecule has 0 fully saturated rings. The third kappa shape index (κ3) is 2.69. The summed E-state index contributed by atoms with van der Waals surface area (Å²) in [6.45, 7) is 0. The SMILES string of the molecule is COc1ccc(C2C=C(c3ccc(Br)cc3)Nc3ncnn32)cc1. The van der Waals surface area contributed by atoms with E-state index in [0.717, 1.165) is 33.0 Å². The normalized spacial score (nSPS) is 16.1. The van der Waals surface area contributed by atoms with Crippen molar-refractivity contribution in [3.05, 3.63) is 76.5 Å². The number of halogens is 1. The van der Waals surface area contributed by atoms with Gasteiger partial charge in [-0.25, -0.2) is 4.68 Å². The highest BCUT2D eigenvalue weighted by molar-refractivity contribution is 9.10. The highest BCUT2D eigenvalue weighted by atomic mass is 79.9. The molecule has 0 saturated heterocycles. The molecule has 1 aliphatic heterocycles. The summed E-state index contributed by atoms with van der Waals surface area (Å²) in [6, 6.07) is 16.2. The predicted octanol–water partition coefficient (Wildman–Crippen LogP) is 4.11. The number of rotatable bonds is 3. The molecular weight excluding hydrogens is 368 g/mol. The first-order valence-electron chi connectivity index (χ1n) is 7.53. The molecule has 1 N–H and O–H groups in total. The second kappa shape index (κ2) is 6.13. The Balaban J connectivity index is 1.77. The van der Waals surface area contributed by atoms with Gasteiger partial charge in [0.15, 0.2) is 0 Å². The van der Waals surface area contributed by atoms with Crippen LogP contribution in [0.3, 0.4) is 0 Å². The van der Waals surface area contributed by atoms with E-state index in [2.05, 4.69) is 61.7 Å². The Morgan fingerprint density at radius 3 is 2.54 bits per heavy atom. The lowest BCUT2D eigenvalue weighted by atomic mass is 10.0. The largest absolute Gasteiger partial charge is 0.497 e. The number of nitrogens with zero attached hydrogens (tertiary/aromatic N) is 3. The standard InChI is InChI=1S/C18H15BrN4O/c1-24-15-8-4-13(5-9-15)17-10-16(12-2-6-14(19)7-3-12)22-18-20-11-21-23(17)18/h2-11,17H,1H3,(H,20,21,22). The molecule has 24 heavy (non-hydrogen) atoms. The number of hydrogen-bond donors (Lipinski definition) is 1. The van der Waals surface area contributed by atoms with E-state index in [-0.39, 0.29) is 6.04 Å². The minimum Gasteiger partial charge on any atom is -0.497 e. The van der Waals surface area contributed by atoms with E-state index in [1.165, 1.54) is 0 Å². The zero-order valence-corrected chi connectivity index (χ0v) is 14.6. The van der Waals surface area contributed by atoms with Crippen LogP contribution in [0.5, 0.6) is 5.75 Å². The van der Waals surface area contributed by atoms with Crippen molar-refractivity contribution < 1.29 is 4.74 Å². The van der Waals surface area contributed by atoms with Gasteiger partial charge in [0.05, 0.1) is 7.11 Å². The Kier molecular flexibility index (Phi) is 3.82. The van der Waals surface area contributed by atoms with Crippen LogP contribution in [0.2, 0.25) is 0 Å². The average Bonchev–Trinajstić information content (AvgIpc) is 3.10. The Bertz CT molecular complexity index is 884. The maximum Gasteiger partial charge on any atom is 0.226 e. The minimum atomic E-state index is -0.0201. The fraction of sp³-hybridized carbons (Fsp3) is 0.111. The highest BCUT2D eigenvalue weighted by Gasteiger charge is 2.23. The van der Waals surface area contributed by atoms with Crippen molar-refractivity contribution in [2.45, 2.75) is 6.04 Å². The number of benzene rings is 2. The lowest BCUT2D eigenvalue weighted by Gasteiger charge is -2.24. The van der Waals surface area contributed by atoms with Gasteiger partial charge in [0, 0.05) is 10.2 Å². The minimum absolute atomic E-state index is 0.0201. The molecule has 2 heterocycles. The number of aromatic nitrogens is 3. The lowest BCUT2D eigenvalue weighted by Crippen LogP contribution is -2.20. The van der Waals surface area contributed by atoms with Crippen LogP contribution in [0.25, 0.3) is 5.70 Å². The van der Waals surface area contributed by atoms with Crippen molar-refractivity contribution in [3.63, 3.8) is 0 Å². The van der Waals surface area contributed by atoms with Gasteiger partial charge < -0.3 is 10.1 Å². The number of anilines is 1. The number of hydrogen-bond acceptors (Lipinski definition) is 4. The maximum atomic E-state index is 5.25. The molecule has 1 atom stereocenters. The van der Waals surface area contributed by atoms with Crippen LogP contribution in [0, 0.1) is 0 Å². The van der Waals surface area contributed by atoms with Crippen LogP contribution in [0.15, 0.2) is 65.4 Å². The lowest BCUT2D eigenvalue weighted by molar-refractivity contribution is 0.414. The summed E-state index contributed by atoms with van der Waals surface area (Å²) < 4.78 is 8.18. The molecule has 0 spiro atoms. The molecule has 0 amide bonds. The smallest absolute Gasteiger partial charge is 0.226 e. The summed E-state index contributed by atoms with van der Waals surface area (Å²) in [5, 5.41) is 7.70. The van der Waals surface area contributed by atoms with Gasteiger partial charge in [0.25, 0.3) is 0 Å². The highest BCUT2D eigenvalue weighted by Crippen LogP contribution is 2.32. The average molecular weight is 383 g/mol. The fourth-order valence-corrected chi connectivity index (χ4v) is 3.03. The zero-order valence-electron chi connectivity index (χ0n) is 13.0. The molecule has 2 aromatic carbocycles. The second-order valence-corrected chi connectivity index (χ2v) is 6.37. The topological polar surface area (TPSA) is 52.0 Å². The third-order valence-electron chi connectivity index (χ3n) is 4.02. The molecule has 6 heteroatoms. The van der Waals surface area contributed by atoms with E-state index in [0.29, 0.717) is 0 Å². The molecule has 5 nitrogen and oxygen atoms in total. The Morgan fingerprint density at radius 2 is 1.83 bits per heavy atom. The molecule has 4 rings (SSSR count). The first kappa shape index (κ1) is 15.0. The van der Waals surface area contributed by atoms with Gasteiger partial charge in [-0.1, -0.05) is 40.2 Å². The predicted molar refractivity (Wildman–Crippen MR) is 96.9 cm³/mol. The van der Waals surface area contributed by atoms with E-state index < -0.39 is 0 Å². The number of fused-ring (bicyclic) bond motifs is 1. The van der Waals surface area contributed by atoms with Gasteiger partial charge >= 0.3 is 0 Å². The summed E-state index contributed by atoms with van der Waals surface area (Å²) in [6.07, 6.45) is 3.73. The van der Waals surface area contributed by atoms with Crippen molar-refractivity contribution >= 4 is 27.6 Å². The Labute approximate surface area is 148 Å². The van der Waals surface area contributed by atoms with Gasteiger partial charge in [-0.05, 0) is 41.5 Å². The molecule has 0 saturated carbocycles.